The summed E-state index contributed by atoms with van der Waals surface area (Å²) >= 11 is 1.82. The molecule has 0 aliphatic carbocycles. The number of fused-ring (bicyclic) bond motifs is 8. The van der Waals surface area contributed by atoms with Crippen LogP contribution in [0.5, 0.6) is 0 Å². The lowest BCUT2D eigenvalue weighted by Crippen LogP contribution is -2.03. The Bertz CT molecular complexity index is 2250. The molecule has 0 saturated carbocycles. The van der Waals surface area contributed by atoms with Gasteiger partial charge in [0.2, 0.25) is 5.95 Å². The zero-order valence-electron chi connectivity index (χ0n) is 20.1. The van der Waals surface area contributed by atoms with Gasteiger partial charge in [-0.3, -0.25) is 4.57 Å². The third kappa shape index (κ3) is 2.95. The van der Waals surface area contributed by atoms with E-state index >= 15 is 0 Å². The molecule has 0 N–H and O–H groups in total. The highest BCUT2D eigenvalue weighted by Crippen LogP contribution is 2.42. The van der Waals surface area contributed by atoms with Crippen LogP contribution in [0.25, 0.3) is 74.9 Å². The van der Waals surface area contributed by atoms with E-state index in [1.54, 1.807) is 0 Å². The Balaban J connectivity index is 1.53. The summed E-state index contributed by atoms with van der Waals surface area (Å²) in [7, 11) is 0. The number of hydrogen-bond acceptors (Lipinski definition) is 3. The third-order valence-corrected chi connectivity index (χ3v) is 8.43. The van der Waals surface area contributed by atoms with E-state index in [1.165, 1.54) is 30.9 Å². The van der Waals surface area contributed by atoms with Crippen molar-refractivity contribution in [1.29, 1.82) is 0 Å². The van der Waals surface area contributed by atoms with Crippen molar-refractivity contribution in [2.45, 2.75) is 0 Å². The number of benzene rings is 5. The molecular weight excluding hydrogens is 484 g/mol. The maximum atomic E-state index is 7.34. The molecule has 3 aromatic heterocycles. The summed E-state index contributed by atoms with van der Waals surface area (Å²) in [4.78, 5) is 13.9. The normalized spacial score (nSPS) is 11.7. The van der Waals surface area contributed by atoms with Crippen LogP contribution < -0.4 is 0 Å². The topological polar surface area (TPSA) is 35.1 Å². The molecule has 38 heavy (non-hydrogen) atoms. The summed E-state index contributed by atoms with van der Waals surface area (Å²) < 4.78 is 4.73. The molecule has 0 radical (unpaired) electrons. The van der Waals surface area contributed by atoms with Gasteiger partial charge in [0.15, 0.2) is 5.69 Å². The van der Waals surface area contributed by atoms with Crippen molar-refractivity contribution in [2.24, 2.45) is 0 Å². The first kappa shape index (κ1) is 21.1. The van der Waals surface area contributed by atoms with Gasteiger partial charge in [0.1, 0.15) is 0 Å². The van der Waals surface area contributed by atoms with Gasteiger partial charge in [0.05, 0.1) is 33.5 Å². The number of thiophene rings is 1. The van der Waals surface area contributed by atoms with Gasteiger partial charge in [-0.25, -0.2) is 14.8 Å². The highest BCUT2D eigenvalue weighted by molar-refractivity contribution is 7.26. The zero-order chi connectivity index (χ0) is 25.2. The number of hydrogen-bond donors (Lipinski definition) is 0. The minimum absolute atomic E-state index is 0.613. The van der Waals surface area contributed by atoms with E-state index in [0.29, 0.717) is 11.6 Å². The molecule has 0 fully saturated rings. The largest absolute Gasteiger partial charge is 0.276 e. The predicted octanol–water partition coefficient (Wildman–Crippen LogP) is 9.31. The van der Waals surface area contributed by atoms with E-state index in [4.69, 9.17) is 16.5 Å². The van der Waals surface area contributed by atoms with Crippen molar-refractivity contribution in [3.8, 4) is 17.2 Å². The van der Waals surface area contributed by atoms with Crippen LogP contribution in [0.1, 0.15) is 0 Å². The van der Waals surface area contributed by atoms with Crippen LogP contribution in [0.3, 0.4) is 0 Å². The van der Waals surface area contributed by atoms with Crippen LogP contribution in [-0.4, -0.2) is 14.5 Å². The molecule has 8 aromatic rings. The van der Waals surface area contributed by atoms with E-state index in [1.807, 2.05) is 53.8 Å². The first-order chi connectivity index (χ1) is 18.8. The van der Waals surface area contributed by atoms with Crippen LogP contribution in [0.2, 0.25) is 0 Å². The van der Waals surface area contributed by atoms with Crippen molar-refractivity contribution < 1.29 is 0 Å². The van der Waals surface area contributed by atoms with Gasteiger partial charge in [-0.05, 0) is 23.8 Å². The van der Waals surface area contributed by atoms with Crippen LogP contribution in [0.4, 0.5) is 5.69 Å². The van der Waals surface area contributed by atoms with Crippen molar-refractivity contribution in [1.82, 2.24) is 14.5 Å². The summed E-state index contributed by atoms with van der Waals surface area (Å²) in [5.74, 6) is 0.643. The highest BCUT2D eigenvalue weighted by atomic mass is 32.1. The van der Waals surface area contributed by atoms with Gasteiger partial charge >= 0.3 is 0 Å². The standard InChI is InChI=1S/C33H18N4S/c1-34-21-16-14-20(15-17-21)30-26-10-2-5-11-27(26)35-33(36-30)37-28-12-6-3-8-22(28)24-18-19-25-23-9-4-7-13-29(23)38-32(25)31(24)37/h2-19H. The van der Waals surface area contributed by atoms with Crippen LogP contribution in [0.15, 0.2) is 109 Å². The first-order valence-corrected chi connectivity index (χ1v) is 13.2. The molecular formula is C33H18N4S. The summed E-state index contributed by atoms with van der Waals surface area (Å²) in [6.07, 6.45) is 0. The fourth-order valence-electron chi connectivity index (χ4n) is 5.52. The van der Waals surface area contributed by atoms with Crippen molar-refractivity contribution >= 4 is 69.9 Å². The quantitative estimate of drug-likeness (QED) is 0.221. The van der Waals surface area contributed by atoms with Crippen molar-refractivity contribution in [3.63, 3.8) is 0 Å². The van der Waals surface area contributed by atoms with Gasteiger partial charge in [0.25, 0.3) is 0 Å². The summed E-state index contributed by atoms with van der Waals surface area (Å²) in [5.41, 5.74) is 5.53. The van der Waals surface area contributed by atoms with Crippen LogP contribution in [-0.2, 0) is 0 Å². The molecule has 4 nitrogen and oxygen atoms in total. The zero-order valence-corrected chi connectivity index (χ0v) is 20.9. The van der Waals surface area contributed by atoms with E-state index in [-0.39, 0.29) is 0 Å². The first-order valence-electron chi connectivity index (χ1n) is 12.4. The lowest BCUT2D eigenvalue weighted by molar-refractivity contribution is 1.02. The molecule has 0 aliphatic rings. The van der Waals surface area contributed by atoms with Gasteiger partial charge in [-0.15, -0.1) is 11.3 Å². The van der Waals surface area contributed by atoms with Crippen molar-refractivity contribution in [3.05, 3.63) is 121 Å². The molecule has 5 heteroatoms. The van der Waals surface area contributed by atoms with Gasteiger partial charge in [-0.2, -0.15) is 0 Å². The van der Waals surface area contributed by atoms with Crippen LogP contribution >= 0.6 is 11.3 Å². The Labute approximate surface area is 221 Å². The van der Waals surface area contributed by atoms with E-state index < -0.39 is 0 Å². The minimum atomic E-state index is 0.613. The molecule has 0 saturated heterocycles. The molecule has 0 atom stereocenters. The maximum absolute atomic E-state index is 7.34. The monoisotopic (exact) mass is 502 g/mol. The molecule has 8 rings (SSSR count). The SMILES string of the molecule is [C-]#[N+]c1ccc(-c2nc(-n3c4ccccc4c4ccc5c6ccccc6sc5c43)nc3ccccc23)cc1. The van der Waals surface area contributed by atoms with Gasteiger partial charge in [0, 0.05) is 31.6 Å². The lowest BCUT2D eigenvalue weighted by Gasteiger charge is -2.12. The fraction of sp³-hybridized carbons (Fsp3) is 0. The van der Waals surface area contributed by atoms with E-state index in [9.17, 15) is 0 Å². The second-order valence-corrected chi connectivity index (χ2v) is 10.4. The molecule has 3 heterocycles. The molecule has 0 unspecified atom stereocenters. The van der Waals surface area contributed by atoms with Gasteiger partial charge < -0.3 is 0 Å². The Morgan fingerprint density at radius 1 is 0.632 bits per heavy atom. The van der Waals surface area contributed by atoms with Gasteiger partial charge in [-0.1, -0.05) is 91.0 Å². The van der Waals surface area contributed by atoms with Crippen molar-refractivity contribution in [2.75, 3.05) is 0 Å². The second-order valence-electron chi connectivity index (χ2n) is 9.34. The highest BCUT2D eigenvalue weighted by Gasteiger charge is 2.20. The molecule has 176 valence electrons. The Morgan fingerprint density at radius 2 is 1.34 bits per heavy atom. The number of aromatic nitrogens is 3. The summed E-state index contributed by atoms with van der Waals surface area (Å²) in [6, 6.07) is 37.4. The molecule has 0 spiro atoms. The molecule has 0 aliphatic heterocycles. The third-order valence-electron chi connectivity index (χ3n) is 7.24. The molecule has 0 bridgehead atoms. The van der Waals surface area contributed by atoms with E-state index in [0.717, 1.165) is 33.2 Å². The number of nitrogens with zero attached hydrogens (tertiary/aromatic N) is 4. The lowest BCUT2D eigenvalue weighted by atomic mass is 10.1. The summed E-state index contributed by atoms with van der Waals surface area (Å²) in [5, 5.41) is 5.88. The molecule has 0 amide bonds. The summed E-state index contributed by atoms with van der Waals surface area (Å²) in [6.45, 7) is 7.34. The second kappa shape index (κ2) is 7.97. The average molecular weight is 503 g/mol. The van der Waals surface area contributed by atoms with E-state index in [2.05, 4.69) is 76.1 Å². The Morgan fingerprint density at radius 3 is 2.18 bits per heavy atom. The number of rotatable bonds is 2. The smallest absolute Gasteiger partial charge is 0.235 e. The Kier molecular flexibility index (Phi) is 4.42. The fourth-order valence-corrected chi connectivity index (χ4v) is 6.76. The number of para-hydroxylation sites is 2. The molecule has 5 aromatic carbocycles. The average Bonchev–Trinajstić information content (AvgIpc) is 3.53. The minimum Gasteiger partial charge on any atom is -0.276 e. The maximum Gasteiger partial charge on any atom is 0.235 e. The predicted molar refractivity (Wildman–Crippen MR) is 158 cm³/mol. The Hall–Kier alpha value is -5.05. The van der Waals surface area contributed by atoms with Crippen LogP contribution in [0, 0.1) is 6.57 Å².